The van der Waals surface area contributed by atoms with Crippen LogP contribution in [-0.4, -0.2) is 19.0 Å². The molecule has 0 radical (unpaired) electrons. The molecule has 0 spiro atoms. The number of hydrogen-bond donors (Lipinski definition) is 2. The lowest BCUT2D eigenvalue weighted by Crippen LogP contribution is -2.33. The van der Waals surface area contributed by atoms with Gasteiger partial charge in [-0.1, -0.05) is 42.5 Å². The molecule has 0 saturated heterocycles. The maximum absolute atomic E-state index is 5.71. The molecule has 0 bridgehead atoms. The highest BCUT2D eigenvalue weighted by Gasteiger charge is 2.39. The number of aliphatic imine (C=N–C) groups is 1. The quantitative estimate of drug-likeness (QED) is 0.623. The minimum atomic E-state index is 0.430. The summed E-state index contributed by atoms with van der Waals surface area (Å²) in [6.45, 7) is 0. The minimum absolute atomic E-state index is 0.430. The normalized spacial score (nSPS) is 23.1. The molecule has 3 N–H and O–H groups in total. The summed E-state index contributed by atoms with van der Waals surface area (Å²) in [6, 6.07) is 15.5. The Kier molecular flexibility index (Phi) is 2.67. The fourth-order valence-electron chi connectivity index (χ4n) is 2.53. The predicted molar refractivity (Wildman–Crippen MR) is 75.8 cm³/mol. The maximum Gasteiger partial charge on any atom is 0.188 e. The first kappa shape index (κ1) is 11.1. The molecule has 92 valence electrons. The van der Waals surface area contributed by atoms with Crippen LogP contribution in [0.5, 0.6) is 0 Å². The Labute approximate surface area is 107 Å². The average molecular weight is 239 g/mol. The van der Waals surface area contributed by atoms with Gasteiger partial charge in [-0.15, -0.1) is 0 Å². The second-order valence-corrected chi connectivity index (χ2v) is 4.77. The SMILES string of the molecule is CN=C(N)N[C@@H]1C[C@H]1c1cccc2ccccc12. The fraction of sp³-hybridized carbons (Fsp3) is 0.267. The van der Waals surface area contributed by atoms with Crippen molar-refractivity contribution < 1.29 is 0 Å². The number of guanidine groups is 1. The van der Waals surface area contributed by atoms with Gasteiger partial charge in [0.05, 0.1) is 0 Å². The van der Waals surface area contributed by atoms with Crippen LogP contribution in [0.1, 0.15) is 17.9 Å². The molecule has 0 heterocycles. The van der Waals surface area contributed by atoms with Crippen molar-refractivity contribution in [3.63, 3.8) is 0 Å². The summed E-state index contributed by atoms with van der Waals surface area (Å²) in [5.41, 5.74) is 7.12. The van der Waals surface area contributed by atoms with Crippen molar-refractivity contribution in [2.75, 3.05) is 7.05 Å². The predicted octanol–water partition coefficient (Wildman–Crippen LogP) is 2.23. The highest BCUT2D eigenvalue weighted by molar-refractivity contribution is 5.87. The van der Waals surface area contributed by atoms with Crippen LogP contribution >= 0.6 is 0 Å². The Morgan fingerprint density at radius 1 is 1.22 bits per heavy atom. The van der Waals surface area contributed by atoms with Crippen molar-refractivity contribution in [2.24, 2.45) is 10.7 Å². The zero-order chi connectivity index (χ0) is 12.5. The first-order valence-electron chi connectivity index (χ1n) is 6.26. The first-order valence-corrected chi connectivity index (χ1v) is 6.26. The standard InChI is InChI=1S/C15H17N3/c1-17-15(16)18-14-9-13(14)12-8-4-6-10-5-2-3-7-11(10)12/h2-8,13-14H,9H2,1H3,(H3,16,17,18)/t13-,14+/m0/s1. The molecule has 0 aliphatic heterocycles. The van der Waals surface area contributed by atoms with Gasteiger partial charge in [-0.05, 0) is 22.8 Å². The maximum atomic E-state index is 5.71. The Balaban J connectivity index is 1.89. The lowest BCUT2D eigenvalue weighted by Gasteiger charge is -2.07. The molecule has 3 nitrogen and oxygen atoms in total. The van der Waals surface area contributed by atoms with Crippen molar-refractivity contribution >= 4 is 16.7 Å². The van der Waals surface area contributed by atoms with Gasteiger partial charge < -0.3 is 11.1 Å². The first-order chi connectivity index (χ1) is 8.79. The number of nitrogens with zero attached hydrogens (tertiary/aromatic N) is 1. The second-order valence-electron chi connectivity index (χ2n) is 4.77. The molecule has 2 aromatic rings. The van der Waals surface area contributed by atoms with E-state index in [1.807, 2.05) is 0 Å². The summed E-state index contributed by atoms with van der Waals surface area (Å²) in [4.78, 5) is 3.94. The third-order valence-electron chi connectivity index (χ3n) is 3.59. The van der Waals surface area contributed by atoms with E-state index in [0.717, 1.165) is 6.42 Å². The molecular formula is C15H17N3. The number of fused-ring (bicyclic) bond motifs is 1. The largest absolute Gasteiger partial charge is 0.370 e. The summed E-state index contributed by atoms with van der Waals surface area (Å²) >= 11 is 0. The molecule has 0 aromatic heterocycles. The van der Waals surface area contributed by atoms with Crippen molar-refractivity contribution in [1.82, 2.24) is 5.32 Å². The van der Waals surface area contributed by atoms with E-state index in [-0.39, 0.29) is 0 Å². The van der Waals surface area contributed by atoms with E-state index in [1.54, 1.807) is 7.05 Å². The Bertz CT molecular complexity index is 598. The third-order valence-corrected chi connectivity index (χ3v) is 3.59. The van der Waals surface area contributed by atoms with Crippen molar-refractivity contribution in [3.8, 4) is 0 Å². The Hall–Kier alpha value is -2.03. The minimum Gasteiger partial charge on any atom is -0.370 e. The summed E-state index contributed by atoms with van der Waals surface area (Å²) in [7, 11) is 1.71. The summed E-state index contributed by atoms with van der Waals surface area (Å²) in [6.07, 6.45) is 1.13. The van der Waals surface area contributed by atoms with Gasteiger partial charge in [-0.2, -0.15) is 0 Å². The Morgan fingerprint density at radius 2 is 2.00 bits per heavy atom. The van der Waals surface area contributed by atoms with E-state index in [9.17, 15) is 0 Å². The van der Waals surface area contributed by atoms with Crippen molar-refractivity contribution in [2.45, 2.75) is 18.4 Å². The zero-order valence-electron chi connectivity index (χ0n) is 10.4. The zero-order valence-corrected chi connectivity index (χ0v) is 10.4. The molecule has 3 rings (SSSR count). The van der Waals surface area contributed by atoms with E-state index in [1.165, 1.54) is 16.3 Å². The number of nitrogens with two attached hydrogens (primary N) is 1. The van der Waals surface area contributed by atoms with Crippen molar-refractivity contribution in [3.05, 3.63) is 48.0 Å². The van der Waals surface area contributed by atoms with Gasteiger partial charge in [0.15, 0.2) is 5.96 Å². The van der Waals surface area contributed by atoms with Crippen LogP contribution in [0, 0.1) is 0 Å². The molecule has 2 atom stereocenters. The number of hydrogen-bond acceptors (Lipinski definition) is 1. The van der Waals surface area contributed by atoms with Crippen molar-refractivity contribution in [1.29, 1.82) is 0 Å². The molecular weight excluding hydrogens is 222 g/mol. The summed E-state index contributed by atoms with van der Waals surface area (Å²) in [5, 5.41) is 5.90. The number of nitrogens with one attached hydrogen (secondary N) is 1. The highest BCUT2D eigenvalue weighted by Crippen LogP contribution is 2.43. The monoisotopic (exact) mass is 239 g/mol. The van der Waals surface area contributed by atoms with E-state index in [0.29, 0.717) is 17.9 Å². The van der Waals surface area contributed by atoms with Gasteiger partial charge in [0.1, 0.15) is 0 Å². The van der Waals surface area contributed by atoms with Gasteiger partial charge in [-0.3, -0.25) is 4.99 Å². The summed E-state index contributed by atoms with van der Waals surface area (Å²) in [5.74, 6) is 1.08. The van der Waals surface area contributed by atoms with Gasteiger partial charge in [0.2, 0.25) is 0 Å². The fourth-order valence-corrected chi connectivity index (χ4v) is 2.53. The molecule has 2 aromatic carbocycles. The van der Waals surface area contributed by atoms with E-state index in [4.69, 9.17) is 5.73 Å². The van der Waals surface area contributed by atoms with E-state index < -0.39 is 0 Å². The van der Waals surface area contributed by atoms with Crippen LogP contribution in [0.4, 0.5) is 0 Å². The van der Waals surface area contributed by atoms with Crippen LogP contribution in [0.25, 0.3) is 10.8 Å². The van der Waals surface area contributed by atoms with Gasteiger partial charge in [0.25, 0.3) is 0 Å². The molecule has 0 unspecified atom stereocenters. The average Bonchev–Trinajstić information content (AvgIpc) is 3.17. The van der Waals surface area contributed by atoms with E-state index in [2.05, 4.69) is 52.8 Å². The van der Waals surface area contributed by atoms with Gasteiger partial charge >= 0.3 is 0 Å². The van der Waals surface area contributed by atoms with Gasteiger partial charge in [0, 0.05) is 19.0 Å². The molecule has 1 fully saturated rings. The molecule has 3 heteroatoms. The van der Waals surface area contributed by atoms with Crippen LogP contribution < -0.4 is 11.1 Å². The number of benzene rings is 2. The molecule has 18 heavy (non-hydrogen) atoms. The third kappa shape index (κ3) is 1.92. The summed E-state index contributed by atoms with van der Waals surface area (Å²) < 4.78 is 0. The molecule has 0 amide bonds. The number of rotatable bonds is 2. The highest BCUT2D eigenvalue weighted by atomic mass is 15.1. The van der Waals surface area contributed by atoms with Crippen LogP contribution in [0.3, 0.4) is 0 Å². The smallest absolute Gasteiger partial charge is 0.188 e. The lowest BCUT2D eigenvalue weighted by molar-refractivity contribution is 0.860. The van der Waals surface area contributed by atoms with Gasteiger partial charge in [-0.25, -0.2) is 0 Å². The molecule has 1 saturated carbocycles. The molecule has 1 aliphatic carbocycles. The van der Waals surface area contributed by atoms with Crippen LogP contribution in [-0.2, 0) is 0 Å². The lowest BCUT2D eigenvalue weighted by atomic mass is 10.0. The van der Waals surface area contributed by atoms with Crippen LogP contribution in [0.15, 0.2) is 47.5 Å². The second kappa shape index (κ2) is 4.33. The topological polar surface area (TPSA) is 50.4 Å². The van der Waals surface area contributed by atoms with E-state index >= 15 is 0 Å². The molecule has 1 aliphatic rings. The van der Waals surface area contributed by atoms with Crippen LogP contribution in [0.2, 0.25) is 0 Å². The Morgan fingerprint density at radius 3 is 2.83 bits per heavy atom.